The van der Waals surface area contributed by atoms with Crippen LogP contribution in [0.3, 0.4) is 0 Å². The molecular formula is C21H28N6O. The molecule has 148 valence electrons. The minimum absolute atomic E-state index is 0.0222. The van der Waals surface area contributed by atoms with E-state index in [1.54, 1.807) is 6.07 Å². The molecule has 4 rings (SSSR count). The van der Waals surface area contributed by atoms with Crippen LogP contribution in [0.2, 0.25) is 0 Å². The van der Waals surface area contributed by atoms with Gasteiger partial charge in [-0.05, 0) is 57.1 Å². The zero-order valence-corrected chi connectivity index (χ0v) is 16.7. The maximum absolute atomic E-state index is 12.8. The van der Waals surface area contributed by atoms with Gasteiger partial charge in [-0.1, -0.05) is 0 Å². The highest BCUT2D eigenvalue weighted by atomic mass is 16.2. The number of likely N-dealkylation sites (N-methyl/N-ethyl adjacent to an activating group) is 1. The molecule has 0 atom stereocenters. The van der Waals surface area contributed by atoms with Crippen molar-refractivity contribution in [1.82, 2.24) is 19.8 Å². The number of nitrogens with zero attached hydrogens (tertiary/aromatic N) is 5. The maximum atomic E-state index is 12.8. The van der Waals surface area contributed by atoms with Gasteiger partial charge in [0.15, 0.2) is 0 Å². The monoisotopic (exact) mass is 380 g/mol. The van der Waals surface area contributed by atoms with E-state index in [4.69, 9.17) is 0 Å². The Hall–Kier alpha value is -2.67. The van der Waals surface area contributed by atoms with E-state index in [2.05, 4.69) is 44.3 Å². The Morgan fingerprint density at radius 3 is 2.32 bits per heavy atom. The zero-order valence-electron chi connectivity index (χ0n) is 16.7. The van der Waals surface area contributed by atoms with Crippen LogP contribution in [0, 0.1) is 6.92 Å². The number of nitrogens with one attached hydrogen (secondary N) is 1. The summed E-state index contributed by atoms with van der Waals surface area (Å²) in [6.45, 7) is 7.41. The number of hydrogen-bond donors (Lipinski definition) is 1. The summed E-state index contributed by atoms with van der Waals surface area (Å²) >= 11 is 0. The Labute approximate surface area is 166 Å². The smallest absolute Gasteiger partial charge is 0.272 e. The molecular weight excluding hydrogens is 352 g/mol. The summed E-state index contributed by atoms with van der Waals surface area (Å²) in [4.78, 5) is 28.3. The molecule has 2 aromatic rings. The second kappa shape index (κ2) is 8.14. The minimum Gasteiger partial charge on any atom is -0.372 e. The number of carbonyl (C=O) groups excluding carboxylic acids is 1. The lowest BCUT2D eigenvalue weighted by Gasteiger charge is -2.32. The number of anilines is 3. The van der Waals surface area contributed by atoms with Crippen LogP contribution in [0.1, 0.15) is 29.0 Å². The van der Waals surface area contributed by atoms with E-state index in [1.807, 2.05) is 24.0 Å². The van der Waals surface area contributed by atoms with Gasteiger partial charge in [0.25, 0.3) is 5.91 Å². The van der Waals surface area contributed by atoms with Crippen molar-refractivity contribution in [1.29, 1.82) is 0 Å². The summed E-state index contributed by atoms with van der Waals surface area (Å²) in [6, 6.07) is 10.1. The fourth-order valence-electron chi connectivity index (χ4n) is 3.77. The molecule has 0 spiro atoms. The lowest BCUT2D eigenvalue weighted by Crippen LogP contribution is -2.47. The Kier molecular flexibility index (Phi) is 5.43. The molecule has 0 aliphatic carbocycles. The molecule has 1 aromatic carbocycles. The first-order chi connectivity index (χ1) is 13.6. The van der Waals surface area contributed by atoms with Crippen molar-refractivity contribution in [3.05, 3.63) is 41.7 Å². The fraction of sp³-hybridized carbons (Fsp3) is 0.476. The first kappa shape index (κ1) is 18.7. The van der Waals surface area contributed by atoms with Gasteiger partial charge in [0.2, 0.25) is 5.95 Å². The summed E-state index contributed by atoms with van der Waals surface area (Å²) < 4.78 is 0. The molecule has 2 saturated heterocycles. The van der Waals surface area contributed by atoms with E-state index < -0.39 is 0 Å². The average Bonchev–Trinajstić information content (AvgIpc) is 3.23. The average molecular weight is 380 g/mol. The second-order valence-corrected chi connectivity index (χ2v) is 7.68. The maximum Gasteiger partial charge on any atom is 0.272 e. The Morgan fingerprint density at radius 1 is 0.964 bits per heavy atom. The number of hydrogen-bond acceptors (Lipinski definition) is 6. The standard InChI is InChI=1S/C21H28N6O/c1-16-15-19(20(28)27-13-11-25(2)12-14-27)24-21(22-16)23-17-5-7-18(8-6-17)26-9-3-4-10-26/h5-8,15H,3-4,9-14H2,1-2H3,(H,22,23,24). The van der Waals surface area contributed by atoms with Crippen molar-refractivity contribution in [2.45, 2.75) is 19.8 Å². The van der Waals surface area contributed by atoms with E-state index >= 15 is 0 Å². The predicted molar refractivity (Wildman–Crippen MR) is 111 cm³/mol. The molecule has 2 aliphatic heterocycles. The van der Waals surface area contributed by atoms with Gasteiger partial charge in [0.05, 0.1) is 0 Å². The van der Waals surface area contributed by atoms with E-state index in [-0.39, 0.29) is 5.91 Å². The molecule has 28 heavy (non-hydrogen) atoms. The number of aromatic nitrogens is 2. The second-order valence-electron chi connectivity index (χ2n) is 7.68. The van der Waals surface area contributed by atoms with Gasteiger partial charge in [-0.15, -0.1) is 0 Å². The number of benzene rings is 1. The highest BCUT2D eigenvalue weighted by molar-refractivity contribution is 5.92. The highest BCUT2D eigenvalue weighted by Crippen LogP contribution is 2.23. The van der Waals surface area contributed by atoms with Crippen LogP contribution in [0.5, 0.6) is 0 Å². The molecule has 3 heterocycles. The third-order valence-corrected chi connectivity index (χ3v) is 5.46. The quantitative estimate of drug-likeness (QED) is 0.879. The molecule has 0 bridgehead atoms. The summed E-state index contributed by atoms with van der Waals surface area (Å²) in [5, 5.41) is 3.25. The van der Waals surface area contributed by atoms with Gasteiger partial charge in [-0.2, -0.15) is 0 Å². The summed E-state index contributed by atoms with van der Waals surface area (Å²) in [5.41, 5.74) is 3.41. The van der Waals surface area contributed by atoms with E-state index in [0.29, 0.717) is 11.6 Å². The summed E-state index contributed by atoms with van der Waals surface area (Å²) in [7, 11) is 2.08. The van der Waals surface area contributed by atoms with Crippen LogP contribution in [0.15, 0.2) is 30.3 Å². The van der Waals surface area contributed by atoms with Gasteiger partial charge >= 0.3 is 0 Å². The molecule has 2 fully saturated rings. The van der Waals surface area contributed by atoms with Crippen molar-refractivity contribution in [2.24, 2.45) is 0 Å². The van der Waals surface area contributed by atoms with E-state index in [0.717, 1.165) is 50.6 Å². The molecule has 7 heteroatoms. The van der Waals surface area contributed by atoms with Crippen LogP contribution in [-0.4, -0.2) is 72.0 Å². The van der Waals surface area contributed by atoms with Gasteiger partial charge in [-0.3, -0.25) is 4.79 Å². The van der Waals surface area contributed by atoms with Crippen LogP contribution in [-0.2, 0) is 0 Å². The van der Waals surface area contributed by atoms with Crippen molar-refractivity contribution in [3.8, 4) is 0 Å². The molecule has 1 amide bonds. The number of amides is 1. The van der Waals surface area contributed by atoms with Crippen molar-refractivity contribution in [2.75, 3.05) is 56.5 Å². The molecule has 7 nitrogen and oxygen atoms in total. The normalized spacial score (nSPS) is 17.8. The number of piperazine rings is 1. The number of rotatable bonds is 4. The first-order valence-electron chi connectivity index (χ1n) is 10.0. The van der Waals surface area contributed by atoms with Gasteiger partial charge in [0.1, 0.15) is 5.69 Å². The fourth-order valence-corrected chi connectivity index (χ4v) is 3.77. The number of aryl methyl sites for hydroxylation is 1. The first-order valence-corrected chi connectivity index (χ1v) is 10.0. The SMILES string of the molecule is Cc1cc(C(=O)N2CCN(C)CC2)nc(Nc2ccc(N3CCCC3)cc2)n1. The van der Waals surface area contributed by atoms with Crippen LogP contribution < -0.4 is 10.2 Å². The molecule has 2 aliphatic rings. The Balaban J connectivity index is 1.47. The Bertz CT molecular complexity index is 823. The minimum atomic E-state index is -0.0222. The van der Waals surface area contributed by atoms with Crippen molar-refractivity contribution < 1.29 is 4.79 Å². The largest absolute Gasteiger partial charge is 0.372 e. The molecule has 0 saturated carbocycles. The van der Waals surface area contributed by atoms with Crippen molar-refractivity contribution >= 4 is 23.2 Å². The molecule has 0 radical (unpaired) electrons. The van der Waals surface area contributed by atoms with Gasteiger partial charge in [-0.25, -0.2) is 9.97 Å². The summed E-state index contributed by atoms with van der Waals surface area (Å²) in [5.74, 6) is 0.442. The molecule has 0 unspecified atom stereocenters. The molecule has 1 N–H and O–H groups in total. The summed E-state index contributed by atoms with van der Waals surface area (Å²) in [6.07, 6.45) is 2.53. The van der Waals surface area contributed by atoms with Gasteiger partial charge < -0.3 is 20.0 Å². The van der Waals surface area contributed by atoms with E-state index in [9.17, 15) is 4.79 Å². The van der Waals surface area contributed by atoms with Crippen LogP contribution in [0.25, 0.3) is 0 Å². The predicted octanol–water partition coefficient (Wildman–Crippen LogP) is 2.52. The third kappa shape index (κ3) is 4.25. The topological polar surface area (TPSA) is 64.6 Å². The highest BCUT2D eigenvalue weighted by Gasteiger charge is 2.22. The van der Waals surface area contributed by atoms with Crippen LogP contribution in [0.4, 0.5) is 17.3 Å². The molecule has 1 aromatic heterocycles. The lowest BCUT2D eigenvalue weighted by molar-refractivity contribution is 0.0658. The van der Waals surface area contributed by atoms with Gasteiger partial charge in [0, 0.05) is 56.3 Å². The number of carbonyl (C=O) groups is 1. The zero-order chi connectivity index (χ0) is 19.5. The Morgan fingerprint density at radius 2 is 1.64 bits per heavy atom. The van der Waals surface area contributed by atoms with E-state index in [1.165, 1.54) is 18.5 Å². The third-order valence-electron chi connectivity index (χ3n) is 5.46. The van der Waals surface area contributed by atoms with Crippen molar-refractivity contribution in [3.63, 3.8) is 0 Å². The lowest BCUT2D eigenvalue weighted by atomic mass is 10.2. The van der Waals surface area contributed by atoms with Crippen LogP contribution >= 0.6 is 0 Å².